The fourth-order valence-corrected chi connectivity index (χ4v) is 5.63. The van der Waals surface area contributed by atoms with Gasteiger partial charge in [-0.1, -0.05) is 12.1 Å². The maximum absolute atomic E-state index is 12.9. The van der Waals surface area contributed by atoms with Crippen molar-refractivity contribution in [2.24, 2.45) is 5.92 Å². The molecule has 0 radical (unpaired) electrons. The molecule has 2 aliphatic heterocycles. The summed E-state index contributed by atoms with van der Waals surface area (Å²) in [6.45, 7) is 7.48. The number of nitrogens with zero attached hydrogens (tertiary/aromatic N) is 3. The highest BCUT2D eigenvalue weighted by Crippen LogP contribution is 2.31. The van der Waals surface area contributed by atoms with E-state index in [0.29, 0.717) is 68.1 Å². The van der Waals surface area contributed by atoms with E-state index in [2.05, 4.69) is 10.3 Å². The molecule has 0 saturated carbocycles. The molecule has 2 saturated heterocycles. The third-order valence-electron chi connectivity index (χ3n) is 7.15. The lowest BCUT2D eigenvalue weighted by molar-refractivity contribution is -0.142. The average molecular weight is 611 g/mol. The van der Waals surface area contributed by atoms with Gasteiger partial charge in [0.2, 0.25) is 11.8 Å². The Morgan fingerprint density at radius 3 is 2.36 bits per heavy atom. The van der Waals surface area contributed by atoms with Crippen molar-refractivity contribution < 1.29 is 37.0 Å². The van der Waals surface area contributed by atoms with Crippen molar-refractivity contribution >= 4 is 29.2 Å². The summed E-state index contributed by atoms with van der Waals surface area (Å²) in [5, 5.41) is 5.26. The van der Waals surface area contributed by atoms with Gasteiger partial charge in [-0.25, -0.2) is 9.78 Å². The zero-order chi connectivity index (χ0) is 30.5. The molecule has 1 atom stereocenters. The van der Waals surface area contributed by atoms with E-state index >= 15 is 0 Å². The molecule has 0 bridgehead atoms. The molecule has 9 nitrogen and oxygen atoms in total. The number of thiazole rings is 1. The highest BCUT2D eigenvalue weighted by atomic mass is 32.1. The van der Waals surface area contributed by atoms with E-state index in [1.165, 1.54) is 23.5 Å². The van der Waals surface area contributed by atoms with Crippen molar-refractivity contribution in [2.45, 2.75) is 70.9 Å². The van der Waals surface area contributed by atoms with Gasteiger partial charge in [-0.15, -0.1) is 11.3 Å². The number of benzene rings is 1. The molecule has 42 heavy (non-hydrogen) atoms. The van der Waals surface area contributed by atoms with Crippen molar-refractivity contribution in [2.75, 3.05) is 32.8 Å². The summed E-state index contributed by atoms with van der Waals surface area (Å²) in [4.78, 5) is 45.7. The smallest absolute Gasteiger partial charge is 0.416 e. The van der Waals surface area contributed by atoms with Crippen LogP contribution in [0.1, 0.15) is 57.0 Å². The van der Waals surface area contributed by atoms with Gasteiger partial charge in [-0.05, 0) is 58.6 Å². The SMILES string of the molecule is CC(C)(C)OC(=O)N1CCC(OCC(=O)N2CCC[C@H](C(=O)NCc3nc(-c4ccc(C(F)(F)F)cc4)cs3)C2)CC1. The molecule has 0 unspecified atom stereocenters. The normalized spacial score (nSPS) is 18.6. The van der Waals surface area contributed by atoms with Gasteiger partial charge >= 0.3 is 12.3 Å². The van der Waals surface area contributed by atoms with Crippen LogP contribution in [0.25, 0.3) is 11.3 Å². The minimum absolute atomic E-state index is 0.0721. The Morgan fingerprint density at radius 2 is 1.71 bits per heavy atom. The summed E-state index contributed by atoms with van der Waals surface area (Å²) in [7, 11) is 0. The number of carbonyl (C=O) groups excluding carboxylic acids is 3. The maximum atomic E-state index is 12.9. The third-order valence-corrected chi connectivity index (χ3v) is 8.00. The number of carbonyl (C=O) groups is 3. The number of piperidine rings is 2. The molecule has 1 aromatic heterocycles. The highest BCUT2D eigenvalue weighted by molar-refractivity contribution is 7.09. The van der Waals surface area contributed by atoms with Crippen LogP contribution in [0.4, 0.5) is 18.0 Å². The number of ether oxygens (including phenoxy) is 2. The van der Waals surface area contributed by atoms with Gasteiger partial charge in [0, 0.05) is 37.1 Å². The predicted octanol–water partition coefficient (Wildman–Crippen LogP) is 5.10. The molecule has 2 fully saturated rings. The standard InChI is InChI=1S/C29H37F3N4O5S/c1-28(2,3)41-27(39)35-13-10-22(11-14-35)40-17-25(37)36-12-4-5-20(16-36)26(38)33-15-24-34-23(18-42-24)19-6-8-21(9-7-19)29(30,31)32/h6-9,18,20,22H,4-5,10-17H2,1-3H3,(H,33,38)/t20-/m0/s1. The highest BCUT2D eigenvalue weighted by Gasteiger charge is 2.32. The van der Waals surface area contributed by atoms with Gasteiger partial charge in [0.15, 0.2) is 0 Å². The Kier molecular flexibility index (Phi) is 10.1. The number of likely N-dealkylation sites (tertiary alicyclic amines) is 2. The second-order valence-electron chi connectivity index (χ2n) is 11.6. The summed E-state index contributed by atoms with van der Waals surface area (Å²) in [5.41, 5.74) is -0.166. The maximum Gasteiger partial charge on any atom is 0.416 e. The number of nitrogens with one attached hydrogen (secondary N) is 1. The molecule has 2 aromatic rings. The zero-order valence-electron chi connectivity index (χ0n) is 24.0. The van der Waals surface area contributed by atoms with Crippen LogP contribution in [0.3, 0.4) is 0 Å². The summed E-state index contributed by atoms with van der Waals surface area (Å²) in [6.07, 6.45) is -2.26. The van der Waals surface area contributed by atoms with Crippen molar-refractivity contribution in [3.05, 3.63) is 40.2 Å². The number of halogens is 3. The molecular formula is C29H37F3N4O5S. The first-order valence-corrected chi connectivity index (χ1v) is 14.9. The monoisotopic (exact) mass is 610 g/mol. The summed E-state index contributed by atoms with van der Waals surface area (Å²) < 4.78 is 49.7. The van der Waals surface area contributed by atoms with E-state index < -0.39 is 17.3 Å². The Balaban J connectivity index is 1.19. The first-order valence-electron chi connectivity index (χ1n) is 14.1. The Hall–Kier alpha value is -3.19. The Morgan fingerprint density at radius 1 is 1.02 bits per heavy atom. The summed E-state index contributed by atoms with van der Waals surface area (Å²) >= 11 is 1.31. The molecule has 230 valence electrons. The summed E-state index contributed by atoms with van der Waals surface area (Å²) in [5.74, 6) is -0.688. The number of alkyl halides is 3. The van der Waals surface area contributed by atoms with Crippen molar-refractivity contribution in [1.82, 2.24) is 20.1 Å². The molecule has 3 amide bonds. The first kappa shape index (κ1) is 31.7. The number of aromatic nitrogens is 1. The third kappa shape index (κ3) is 8.90. The van der Waals surface area contributed by atoms with Crippen LogP contribution in [-0.4, -0.2) is 77.2 Å². The second-order valence-corrected chi connectivity index (χ2v) is 12.5. The van der Waals surface area contributed by atoms with E-state index in [1.54, 1.807) is 15.2 Å². The quantitative estimate of drug-likeness (QED) is 0.468. The number of hydrogen-bond donors (Lipinski definition) is 1. The lowest BCUT2D eigenvalue weighted by Crippen LogP contribution is -2.47. The van der Waals surface area contributed by atoms with Crippen molar-refractivity contribution in [3.63, 3.8) is 0 Å². The van der Waals surface area contributed by atoms with Gasteiger partial charge in [0.25, 0.3) is 0 Å². The van der Waals surface area contributed by atoms with Gasteiger partial charge in [0.05, 0.1) is 29.8 Å². The van der Waals surface area contributed by atoms with Crippen LogP contribution in [-0.2, 0) is 31.8 Å². The largest absolute Gasteiger partial charge is 0.444 e. The zero-order valence-corrected chi connectivity index (χ0v) is 24.9. The molecule has 13 heteroatoms. The van der Waals surface area contributed by atoms with E-state index in [-0.39, 0.29) is 43.1 Å². The molecule has 0 spiro atoms. The molecule has 0 aliphatic carbocycles. The number of rotatable bonds is 7. The van der Waals surface area contributed by atoms with Crippen LogP contribution in [0.5, 0.6) is 0 Å². The number of amides is 3. The van der Waals surface area contributed by atoms with Crippen molar-refractivity contribution in [1.29, 1.82) is 0 Å². The molecular weight excluding hydrogens is 573 g/mol. The minimum atomic E-state index is -4.40. The lowest BCUT2D eigenvalue weighted by Gasteiger charge is -2.34. The lowest BCUT2D eigenvalue weighted by atomic mass is 9.97. The van der Waals surface area contributed by atoms with Crippen LogP contribution in [0.2, 0.25) is 0 Å². The molecule has 4 rings (SSSR count). The van der Waals surface area contributed by atoms with Gasteiger partial charge < -0.3 is 24.6 Å². The first-order chi connectivity index (χ1) is 19.8. The van der Waals surface area contributed by atoms with E-state index in [9.17, 15) is 27.6 Å². The fraction of sp³-hybridized carbons (Fsp3) is 0.586. The van der Waals surface area contributed by atoms with Crippen LogP contribution < -0.4 is 5.32 Å². The topological polar surface area (TPSA) is 101 Å². The van der Waals surface area contributed by atoms with E-state index in [4.69, 9.17) is 9.47 Å². The fourth-order valence-electron chi connectivity index (χ4n) is 4.89. The average Bonchev–Trinajstić information content (AvgIpc) is 3.43. The summed E-state index contributed by atoms with van der Waals surface area (Å²) in [6, 6.07) is 4.80. The Bertz CT molecular complexity index is 1240. The van der Waals surface area contributed by atoms with Gasteiger partial charge in [0.1, 0.15) is 17.2 Å². The second kappa shape index (κ2) is 13.4. The predicted molar refractivity (Wildman–Crippen MR) is 150 cm³/mol. The van der Waals surface area contributed by atoms with Crippen LogP contribution in [0, 0.1) is 5.92 Å². The van der Waals surface area contributed by atoms with Crippen molar-refractivity contribution in [3.8, 4) is 11.3 Å². The Labute approximate surface area is 247 Å². The molecule has 3 heterocycles. The minimum Gasteiger partial charge on any atom is -0.444 e. The van der Waals surface area contributed by atoms with E-state index in [0.717, 1.165) is 12.1 Å². The van der Waals surface area contributed by atoms with E-state index in [1.807, 2.05) is 20.8 Å². The molecule has 1 aromatic carbocycles. The number of hydrogen-bond acceptors (Lipinski definition) is 7. The van der Waals surface area contributed by atoms with Gasteiger partial charge in [-0.2, -0.15) is 13.2 Å². The van der Waals surface area contributed by atoms with Gasteiger partial charge in [-0.3, -0.25) is 9.59 Å². The molecule has 2 aliphatic rings. The van der Waals surface area contributed by atoms with Crippen LogP contribution in [0.15, 0.2) is 29.6 Å². The van der Waals surface area contributed by atoms with Crippen LogP contribution >= 0.6 is 11.3 Å². The molecule has 1 N–H and O–H groups in total.